The molecule has 1 aliphatic heterocycles. The number of fused-ring (bicyclic) bond motifs is 1. The van der Waals surface area contributed by atoms with Crippen molar-refractivity contribution in [1.29, 1.82) is 0 Å². The average Bonchev–Trinajstić information content (AvgIpc) is 3.04. The fraction of sp³-hybridized carbons (Fsp3) is 0.312. The number of rotatable bonds is 4. The topological polar surface area (TPSA) is 99.7 Å². The number of alkyl halides is 3. The molecule has 0 aliphatic carbocycles. The second kappa shape index (κ2) is 6.69. The summed E-state index contributed by atoms with van der Waals surface area (Å²) in [7, 11) is 0. The lowest BCUT2D eigenvalue weighted by molar-refractivity contribution is -0.141. The number of carbonyl (C=O) groups is 1. The van der Waals surface area contributed by atoms with Gasteiger partial charge >= 0.3 is 6.18 Å². The Morgan fingerprint density at radius 3 is 2.82 bits per heavy atom. The summed E-state index contributed by atoms with van der Waals surface area (Å²) in [6.07, 6.45) is 1.11. The van der Waals surface area contributed by atoms with Crippen molar-refractivity contribution in [1.82, 2.24) is 30.2 Å². The molecule has 1 amide bonds. The van der Waals surface area contributed by atoms with E-state index >= 15 is 0 Å². The lowest BCUT2D eigenvalue weighted by Gasteiger charge is -2.39. The lowest BCUT2D eigenvalue weighted by atomic mass is 9.99. The van der Waals surface area contributed by atoms with Gasteiger partial charge in [0.2, 0.25) is 5.91 Å². The molecule has 0 spiro atoms. The number of nitrogens with one attached hydrogen (secondary N) is 2. The van der Waals surface area contributed by atoms with Crippen LogP contribution in [0.15, 0.2) is 24.9 Å². The van der Waals surface area contributed by atoms with E-state index in [0.29, 0.717) is 16.6 Å². The van der Waals surface area contributed by atoms with Crippen LogP contribution in [0, 0.1) is 11.7 Å². The molecule has 2 N–H and O–H groups in total. The van der Waals surface area contributed by atoms with Crippen LogP contribution in [0.25, 0.3) is 22.4 Å². The van der Waals surface area contributed by atoms with E-state index in [4.69, 9.17) is 0 Å². The average molecular weight is 395 g/mol. The zero-order chi connectivity index (χ0) is 19.9. The van der Waals surface area contributed by atoms with Crippen molar-refractivity contribution < 1.29 is 22.4 Å². The van der Waals surface area contributed by atoms with Gasteiger partial charge in [0.1, 0.15) is 18.5 Å². The Morgan fingerprint density at radius 1 is 1.29 bits per heavy atom. The van der Waals surface area contributed by atoms with Crippen molar-refractivity contribution in [2.24, 2.45) is 5.92 Å². The minimum absolute atomic E-state index is 0.0175. The minimum Gasteiger partial charge on any atom is -0.352 e. The van der Waals surface area contributed by atoms with Gasteiger partial charge in [-0.1, -0.05) is 0 Å². The molecule has 0 radical (unpaired) electrons. The van der Waals surface area contributed by atoms with Gasteiger partial charge in [-0.25, -0.2) is 24.3 Å². The van der Waals surface area contributed by atoms with Crippen molar-refractivity contribution in [3.05, 3.63) is 30.7 Å². The zero-order valence-electron chi connectivity index (χ0n) is 14.2. The Kier molecular flexibility index (Phi) is 4.32. The molecule has 0 aromatic carbocycles. The van der Waals surface area contributed by atoms with E-state index in [-0.39, 0.29) is 24.7 Å². The molecule has 1 aliphatic rings. The standard InChI is InChI=1S/C16H13F4N7O/c17-11-3-23-13(10-2-22-12-9(10)1-21-7-25-12)26-14(11)27-4-8(5-27)15(28)24-6-16(18,19)20/h1-3,7-8H,4-6H2,(H,24,28)(H,21,22,25). The first-order valence-corrected chi connectivity index (χ1v) is 8.21. The number of hydrogen-bond acceptors (Lipinski definition) is 6. The van der Waals surface area contributed by atoms with E-state index in [9.17, 15) is 22.4 Å². The third kappa shape index (κ3) is 3.44. The SMILES string of the molecule is O=C(NCC(F)(F)F)C1CN(c2nc(-c3c[nH]c4ncncc34)ncc2F)C1. The van der Waals surface area contributed by atoms with E-state index in [1.165, 1.54) is 11.2 Å². The number of halogens is 4. The van der Waals surface area contributed by atoms with E-state index in [1.54, 1.807) is 12.4 Å². The van der Waals surface area contributed by atoms with Crippen LogP contribution in [0.2, 0.25) is 0 Å². The van der Waals surface area contributed by atoms with Gasteiger partial charge in [0, 0.05) is 36.4 Å². The Morgan fingerprint density at radius 2 is 2.07 bits per heavy atom. The first kappa shape index (κ1) is 18.1. The molecule has 1 saturated heterocycles. The summed E-state index contributed by atoms with van der Waals surface area (Å²) in [5, 5.41) is 2.49. The van der Waals surface area contributed by atoms with Crippen LogP contribution in [0.4, 0.5) is 23.4 Å². The van der Waals surface area contributed by atoms with E-state index in [1.807, 2.05) is 5.32 Å². The molecule has 8 nitrogen and oxygen atoms in total. The molecule has 1 fully saturated rings. The van der Waals surface area contributed by atoms with Crippen LogP contribution in [0.5, 0.6) is 0 Å². The Labute approximate surface area is 155 Å². The van der Waals surface area contributed by atoms with Gasteiger partial charge in [-0.3, -0.25) is 4.79 Å². The molecular weight excluding hydrogens is 382 g/mol. The number of H-pyrrole nitrogens is 1. The summed E-state index contributed by atoms with van der Waals surface area (Å²) in [5.41, 5.74) is 1.15. The monoisotopic (exact) mass is 395 g/mol. The van der Waals surface area contributed by atoms with Crippen LogP contribution in [-0.2, 0) is 4.79 Å². The Bertz CT molecular complexity index is 1030. The third-order valence-corrected chi connectivity index (χ3v) is 4.34. The highest BCUT2D eigenvalue weighted by atomic mass is 19.4. The number of nitrogens with zero attached hydrogens (tertiary/aromatic N) is 5. The highest BCUT2D eigenvalue weighted by Gasteiger charge is 2.37. The number of anilines is 1. The van der Waals surface area contributed by atoms with Crippen molar-refractivity contribution in [3.63, 3.8) is 0 Å². The summed E-state index contributed by atoms with van der Waals surface area (Å²) >= 11 is 0. The summed E-state index contributed by atoms with van der Waals surface area (Å²) in [6.45, 7) is -1.26. The number of hydrogen-bond donors (Lipinski definition) is 2. The summed E-state index contributed by atoms with van der Waals surface area (Å²) in [6, 6.07) is 0. The molecule has 28 heavy (non-hydrogen) atoms. The maximum absolute atomic E-state index is 14.2. The van der Waals surface area contributed by atoms with E-state index in [0.717, 1.165) is 6.20 Å². The van der Waals surface area contributed by atoms with Gasteiger partial charge in [0.25, 0.3) is 0 Å². The maximum Gasteiger partial charge on any atom is 0.405 e. The zero-order valence-corrected chi connectivity index (χ0v) is 14.2. The van der Waals surface area contributed by atoms with Gasteiger partial charge in [-0.15, -0.1) is 0 Å². The van der Waals surface area contributed by atoms with Gasteiger partial charge in [0.05, 0.1) is 12.1 Å². The number of aromatic nitrogens is 5. The molecule has 3 aromatic rings. The highest BCUT2D eigenvalue weighted by molar-refractivity contribution is 5.91. The summed E-state index contributed by atoms with van der Waals surface area (Å²) in [5.74, 6) is -1.86. The van der Waals surface area contributed by atoms with Crippen molar-refractivity contribution in [2.45, 2.75) is 6.18 Å². The molecule has 0 saturated carbocycles. The van der Waals surface area contributed by atoms with Crippen LogP contribution >= 0.6 is 0 Å². The lowest BCUT2D eigenvalue weighted by Crippen LogP contribution is -2.55. The molecule has 3 aromatic heterocycles. The van der Waals surface area contributed by atoms with Crippen LogP contribution < -0.4 is 10.2 Å². The number of carbonyl (C=O) groups excluding carboxylic acids is 1. The van der Waals surface area contributed by atoms with Crippen molar-refractivity contribution >= 4 is 22.8 Å². The van der Waals surface area contributed by atoms with Crippen molar-refractivity contribution in [2.75, 3.05) is 24.5 Å². The Balaban J connectivity index is 1.50. The van der Waals surface area contributed by atoms with Crippen LogP contribution in [0.3, 0.4) is 0 Å². The second-order valence-corrected chi connectivity index (χ2v) is 6.29. The van der Waals surface area contributed by atoms with Crippen LogP contribution in [-0.4, -0.2) is 56.6 Å². The maximum atomic E-state index is 14.2. The number of amides is 1. The van der Waals surface area contributed by atoms with E-state index in [2.05, 4.69) is 24.9 Å². The largest absolute Gasteiger partial charge is 0.405 e. The van der Waals surface area contributed by atoms with Gasteiger partial charge < -0.3 is 15.2 Å². The molecular formula is C16H13F4N7O. The molecule has 4 rings (SSSR count). The first-order valence-electron chi connectivity index (χ1n) is 8.21. The smallest absolute Gasteiger partial charge is 0.352 e. The number of aromatic amines is 1. The van der Waals surface area contributed by atoms with Gasteiger partial charge in [0.15, 0.2) is 17.5 Å². The van der Waals surface area contributed by atoms with Crippen molar-refractivity contribution in [3.8, 4) is 11.4 Å². The van der Waals surface area contributed by atoms with E-state index < -0.39 is 30.4 Å². The third-order valence-electron chi connectivity index (χ3n) is 4.34. The summed E-state index contributed by atoms with van der Waals surface area (Å²) < 4.78 is 50.7. The molecule has 0 bridgehead atoms. The fourth-order valence-electron chi connectivity index (χ4n) is 2.90. The Hall–Kier alpha value is -3.31. The quantitative estimate of drug-likeness (QED) is 0.652. The molecule has 12 heteroatoms. The molecule has 146 valence electrons. The highest BCUT2D eigenvalue weighted by Crippen LogP contribution is 2.30. The second-order valence-electron chi connectivity index (χ2n) is 6.29. The first-order chi connectivity index (χ1) is 13.3. The molecule has 0 atom stereocenters. The normalized spacial score (nSPS) is 14.9. The predicted octanol–water partition coefficient (Wildman–Crippen LogP) is 1.67. The fourth-order valence-corrected chi connectivity index (χ4v) is 2.90. The minimum atomic E-state index is -4.48. The van der Waals surface area contributed by atoms with Gasteiger partial charge in [-0.2, -0.15) is 13.2 Å². The van der Waals surface area contributed by atoms with Crippen LogP contribution in [0.1, 0.15) is 0 Å². The van der Waals surface area contributed by atoms with Gasteiger partial charge in [-0.05, 0) is 0 Å². The predicted molar refractivity (Wildman–Crippen MR) is 89.6 cm³/mol. The molecule has 4 heterocycles. The summed E-state index contributed by atoms with van der Waals surface area (Å²) in [4.78, 5) is 32.4. The molecule has 0 unspecified atom stereocenters.